The molecule has 1 aliphatic rings. The van der Waals surface area contributed by atoms with Gasteiger partial charge in [-0.3, -0.25) is 4.79 Å². The van der Waals surface area contributed by atoms with Gasteiger partial charge in [0.05, 0.1) is 0 Å². The Labute approximate surface area is 100 Å². The molecule has 0 spiro atoms. The Morgan fingerprint density at radius 3 is 2.50 bits per heavy atom. The van der Waals surface area contributed by atoms with E-state index in [1.807, 2.05) is 0 Å². The van der Waals surface area contributed by atoms with Gasteiger partial charge in [-0.05, 0) is 17.8 Å². The maximum atomic E-state index is 11.2. The molecule has 1 rings (SSSR count). The Balaban J connectivity index is 2.20. The summed E-state index contributed by atoms with van der Waals surface area (Å²) in [6.45, 7) is 7.77. The summed E-state index contributed by atoms with van der Waals surface area (Å²) < 4.78 is 0. The number of rotatable bonds is 7. The third-order valence-electron chi connectivity index (χ3n) is 4.01. The largest absolute Gasteiger partial charge is 0.356 e. The molecule has 0 bridgehead atoms. The molecule has 1 N–H and O–H groups in total. The molecule has 0 aromatic heterocycles. The Morgan fingerprint density at radius 1 is 1.25 bits per heavy atom. The van der Waals surface area contributed by atoms with E-state index in [0.29, 0.717) is 11.3 Å². The first-order valence-electron chi connectivity index (χ1n) is 6.83. The van der Waals surface area contributed by atoms with E-state index in [9.17, 15) is 4.79 Å². The summed E-state index contributed by atoms with van der Waals surface area (Å²) in [5.74, 6) is 0.787. The van der Waals surface area contributed by atoms with E-state index in [0.717, 1.165) is 13.0 Å². The van der Waals surface area contributed by atoms with Gasteiger partial charge in [-0.25, -0.2) is 0 Å². The zero-order valence-electron chi connectivity index (χ0n) is 11.1. The summed E-state index contributed by atoms with van der Waals surface area (Å²) in [6.07, 6.45) is 8.71. The van der Waals surface area contributed by atoms with Crippen LogP contribution in [-0.2, 0) is 4.79 Å². The average molecular weight is 225 g/mol. The minimum atomic E-state index is 0.240. The van der Waals surface area contributed by atoms with Gasteiger partial charge in [-0.2, -0.15) is 0 Å². The molecule has 0 aromatic rings. The number of amides is 1. The van der Waals surface area contributed by atoms with Crippen molar-refractivity contribution in [1.82, 2.24) is 5.32 Å². The van der Waals surface area contributed by atoms with Crippen molar-refractivity contribution in [1.29, 1.82) is 0 Å². The first kappa shape index (κ1) is 13.5. The smallest absolute Gasteiger partial charge is 0.220 e. The number of unbranched alkanes of at least 4 members (excludes halogenated alkanes) is 4. The lowest BCUT2D eigenvalue weighted by atomic mass is 9.74. The van der Waals surface area contributed by atoms with Crippen LogP contribution in [0, 0.1) is 11.3 Å². The second-order valence-electron chi connectivity index (χ2n) is 5.86. The monoisotopic (exact) mass is 225 g/mol. The molecule has 1 saturated heterocycles. The lowest BCUT2D eigenvalue weighted by Crippen LogP contribution is -2.26. The number of hydrogen-bond donors (Lipinski definition) is 1. The van der Waals surface area contributed by atoms with Crippen molar-refractivity contribution in [2.24, 2.45) is 11.3 Å². The van der Waals surface area contributed by atoms with Crippen molar-refractivity contribution in [3.63, 3.8) is 0 Å². The highest BCUT2D eigenvalue weighted by molar-refractivity contribution is 5.78. The predicted molar refractivity (Wildman–Crippen MR) is 68.3 cm³/mol. The van der Waals surface area contributed by atoms with Gasteiger partial charge in [-0.1, -0.05) is 52.9 Å². The van der Waals surface area contributed by atoms with Crippen LogP contribution in [0.2, 0.25) is 0 Å². The molecule has 0 saturated carbocycles. The van der Waals surface area contributed by atoms with Crippen LogP contribution in [0.15, 0.2) is 0 Å². The molecule has 1 amide bonds. The highest BCUT2D eigenvalue weighted by Crippen LogP contribution is 2.36. The van der Waals surface area contributed by atoms with E-state index in [1.54, 1.807) is 0 Å². The van der Waals surface area contributed by atoms with Crippen LogP contribution >= 0.6 is 0 Å². The Hall–Kier alpha value is -0.530. The van der Waals surface area contributed by atoms with E-state index in [1.165, 1.54) is 38.5 Å². The third kappa shape index (κ3) is 4.15. The zero-order chi connectivity index (χ0) is 12.0. The van der Waals surface area contributed by atoms with Crippen molar-refractivity contribution in [3.05, 3.63) is 0 Å². The van der Waals surface area contributed by atoms with Gasteiger partial charge in [0.25, 0.3) is 0 Å². The molecule has 0 radical (unpaired) electrons. The zero-order valence-corrected chi connectivity index (χ0v) is 11.1. The number of carbonyl (C=O) groups excluding carboxylic acids is 1. The molecule has 1 unspecified atom stereocenters. The molecule has 94 valence electrons. The summed E-state index contributed by atoms with van der Waals surface area (Å²) in [5.41, 5.74) is 0.325. The lowest BCUT2D eigenvalue weighted by molar-refractivity contribution is -0.119. The Kier molecular flexibility index (Phi) is 5.30. The van der Waals surface area contributed by atoms with Crippen molar-refractivity contribution in [2.45, 2.75) is 65.7 Å². The molecular formula is C14H27NO. The predicted octanol–water partition coefficient (Wildman–Crippen LogP) is 3.51. The Bertz CT molecular complexity index is 223. The van der Waals surface area contributed by atoms with Crippen molar-refractivity contribution >= 4 is 5.91 Å². The fraction of sp³-hybridized carbons (Fsp3) is 0.929. The van der Waals surface area contributed by atoms with Crippen LogP contribution in [0.4, 0.5) is 0 Å². The van der Waals surface area contributed by atoms with E-state index in [2.05, 4.69) is 26.1 Å². The van der Waals surface area contributed by atoms with E-state index < -0.39 is 0 Å². The maximum absolute atomic E-state index is 11.2. The van der Waals surface area contributed by atoms with Crippen LogP contribution in [0.3, 0.4) is 0 Å². The van der Waals surface area contributed by atoms with E-state index in [-0.39, 0.29) is 5.91 Å². The molecule has 1 fully saturated rings. The first-order valence-corrected chi connectivity index (χ1v) is 6.83. The summed E-state index contributed by atoms with van der Waals surface area (Å²) in [5, 5.41) is 2.95. The molecule has 2 nitrogen and oxygen atoms in total. The maximum Gasteiger partial charge on any atom is 0.220 e. The normalized spacial score (nSPS) is 21.2. The van der Waals surface area contributed by atoms with Gasteiger partial charge in [0.15, 0.2) is 0 Å². The summed E-state index contributed by atoms with van der Waals surface area (Å²) >= 11 is 0. The molecule has 0 aromatic carbocycles. The van der Waals surface area contributed by atoms with Crippen LogP contribution in [-0.4, -0.2) is 12.5 Å². The van der Waals surface area contributed by atoms with Crippen LogP contribution < -0.4 is 5.32 Å². The highest BCUT2D eigenvalue weighted by Gasteiger charge is 2.34. The Morgan fingerprint density at radius 2 is 1.94 bits per heavy atom. The average Bonchev–Trinajstić information content (AvgIpc) is 2.65. The second-order valence-corrected chi connectivity index (χ2v) is 5.86. The fourth-order valence-electron chi connectivity index (χ4n) is 2.55. The molecule has 2 heteroatoms. The number of carbonyl (C=O) groups is 1. The van der Waals surface area contributed by atoms with Gasteiger partial charge >= 0.3 is 0 Å². The van der Waals surface area contributed by atoms with Gasteiger partial charge in [-0.15, -0.1) is 0 Å². The first-order chi connectivity index (χ1) is 7.56. The molecule has 1 heterocycles. The minimum Gasteiger partial charge on any atom is -0.356 e. The number of nitrogens with one attached hydrogen (secondary N) is 1. The minimum absolute atomic E-state index is 0.240. The van der Waals surface area contributed by atoms with Crippen LogP contribution in [0.25, 0.3) is 0 Å². The van der Waals surface area contributed by atoms with Gasteiger partial charge in [0.2, 0.25) is 5.91 Å². The quantitative estimate of drug-likeness (QED) is 0.660. The SMILES string of the molecule is CCCCCCCC(C)(C)C1CNC(=O)C1. The van der Waals surface area contributed by atoms with Crippen molar-refractivity contribution in [2.75, 3.05) is 6.54 Å². The van der Waals surface area contributed by atoms with Crippen LogP contribution in [0.5, 0.6) is 0 Å². The van der Waals surface area contributed by atoms with Crippen LogP contribution in [0.1, 0.15) is 65.7 Å². The summed E-state index contributed by atoms with van der Waals surface area (Å²) in [7, 11) is 0. The van der Waals surface area contributed by atoms with Gasteiger partial charge < -0.3 is 5.32 Å². The van der Waals surface area contributed by atoms with Crippen molar-refractivity contribution < 1.29 is 4.79 Å². The van der Waals surface area contributed by atoms with Gasteiger partial charge in [0, 0.05) is 13.0 Å². The lowest BCUT2D eigenvalue weighted by Gasteiger charge is -2.30. The highest BCUT2D eigenvalue weighted by atomic mass is 16.1. The number of hydrogen-bond acceptors (Lipinski definition) is 1. The fourth-order valence-corrected chi connectivity index (χ4v) is 2.55. The van der Waals surface area contributed by atoms with E-state index in [4.69, 9.17) is 0 Å². The standard InChI is InChI=1S/C14H27NO/c1-4-5-6-7-8-9-14(2,3)12-10-13(16)15-11-12/h12H,4-11H2,1-3H3,(H,15,16). The third-order valence-corrected chi connectivity index (χ3v) is 4.01. The summed E-state index contributed by atoms with van der Waals surface area (Å²) in [6, 6.07) is 0. The molecule has 1 atom stereocenters. The van der Waals surface area contributed by atoms with Crippen molar-refractivity contribution in [3.8, 4) is 0 Å². The van der Waals surface area contributed by atoms with Gasteiger partial charge in [0.1, 0.15) is 0 Å². The topological polar surface area (TPSA) is 29.1 Å². The van der Waals surface area contributed by atoms with E-state index >= 15 is 0 Å². The molecule has 0 aliphatic carbocycles. The summed E-state index contributed by atoms with van der Waals surface area (Å²) in [4.78, 5) is 11.2. The molecular weight excluding hydrogens is 198 g/mol. The second kappa shape index (κ2) is 6.27. The molecule has 16 heavy (non-hydrogen) atoms. The molecule has 1 aliphatic heterocycles.